The number of carbonyl (C=O) groups excluding carboxylic acids is 1. The van der Waals surface area contributed by atoms with E-state index in [2.05, 4.69) is 10.4 Å². The van der Waals surface area contributed by atoms with Gasteiger partial charge < -0.3 is 10.1 Å². The molecule has 0 spiro atoms. The Bertz CT molecular complexity index is 716. The average Bonchev–Trinajstić information content (AvgIpc) is 3.35. The topological polar surface area (TPSA) is 56.1 Å². The number of hydrogen-bond donors (Lipinski definition) is 1. The maximum atomic E-state index is 12.1. The number of methoxy groups -OCH3 is 1. The summed E-state index contributed by atoms with van der Waals surface area (Å²) < 4.78 is 7.20. The van der Waals surface area contributed by atoms with Gasteiger partial charge in [0.1, 0.15) is 5.75 Å². The van der Waals surface area contributed by atoms with Gasteiger partial charge in [0.2, 0.25) is 5.91 Å². The van der Waals surface area contributed by atoms with Gasteiger partial charge in [-0.05, 0) is 56.4 Å². The van der Waals surface area contributed by atoms with E-state index in [1.807, 2.05) is 35.1 Å². The molecular formula is C18H21N3O2. The first kappa shape index (κ1) is 14.3. The van der Waals surface area contributed by atoms with Crippen molar-refractivity contribution in [1.29, 1.82) is 0 Å². The molecule has 4 rings (SSSR count). The third-order valence-electron chi connectivity index (χ3n) is 4.76. The number of ether oxygens (including phenoxy) is 1. The first-order valence-corrected chi connectivity index (χ1v) is 8.28. The molecule has 1 saturated carbocycles. The molecule has 0 saturated heterocycles. The van der Waals surface area contributed by atoms with Crippen molar-refractivity contribution in [3.8, 4) is 11.4 Å². The van der Waals surface area contributed by atoms with Gasteiger partial charge in [-0.3, -0.25) is 4.79 Å². The Balaban J connectivity index is 1.61. The molecule has 2 aliphatic carbocycles. The Morgan fingerprint density at radius 2 is 2.04 bits per heavy atom. The predicted octanol–water partition coefficient (Wildman–Crippen LogP) is 2.78. The quantitative estimate of drug-likeness (QED) is 0.944. The van der Waals surface area contributed by atoms with Crippen molar-refractivity contribution >= 4 is 5.91 Å². The second-order valence-corrected chi connectivity index (χ2v) is 6.38. The second-order valence-electron chi connectivity index (χ2n) is 6.38. The van der Waals surface area contributed by atoms with Gasteiger partial charge in [0, 0.05) is 17.2 Å². The normalized spacial score (nSPS) is 20.0. The highest BCUT2D eigenvalue weighted by Gasteiger charge is 2.33. The van der Waals surface area contributed by atoms with Crippen LogP contribution in [0.1, 0.15) is 43.0 Å². The largest absolute Gasteiger partial charge is 0.497 e. The van der Waals surface area contributed by atoms with Gasteiger partial charge in [0.25, 0.3) is 0 Å². The molecule has 120 valence electrons. The minimum absolute atomic E-state index is 0.110. The van der Waals surface area contributed by atoms with E-state index in [9.17, 15) is 4.79 Å². The van der Waals surface area contributed by atoms with Crippen LogP contribution in [-0.2, 0) is 11.2 Å². The summed E-state index contributed by atoms with van der Waals surface area (Å²) in [6.07, 6.45) is 7.06. The number of amides is 1. The number of nitrogens with one attached hydrogen (secondary N) is 1. The molecule has 2 aliphatic rings. The smallest absolute Gasteiger partial charge is 0.223 e. The Morgan fingerprint density at radius 3 is 2.74 bits per heavy atom. The lowest BCUT2D eigenvalue weighted by Gasteiger charge is -2.24. The van der Waals surface area contributed by atoms with Gasteiger partial charge in [-0.25, -0.2) is 4.68 Å². The molecule has 5 heteroatoms. The standard InChI is InChI=1S/C18H21N3O2/c1-23-14-9-7-13(8-10-14)21-17-4-2-3-16(15(17)11-19-21)20-18(22)12-5-6-12/h7-12,16H,2-6H2,1H3,(H,20,22). The molecule has 2 aromatic rings. The number of aromatic nitrogens is 2. The summed E-state index contributed by atoms with van der Waals surface area (Å²) >= 11 is 0. The Hall–Kier alpha value is -2.30. The summed E-state index contributed by atoms with van der Waals surface area (Å²) in [5.41, 5.74) is 3.41. The van der Waals surface area contributed by atoms with Crippen LogP contribution in [0.15, 0.2) is 30.5 Å². The lowest BCUT2D eigenvalue weighted by Crippen LogP contribution is -2.31. The summed E-state index contributed by atoms with van der Waals surface area (Å²) in [7, 11) is 1.66. The van der Waals surface area contributed by atoms with Crippen molar-refractivity contribution in [3.63, 3.8) is 0 Å². The van der Waals surface area contributed by atoms with Crippen LogP contribution in [0.25, 0.3) is 5.69 Å². The highest BCUT2D eigenvalue weighted by molar-refractivity contribution is 5.81. The molecule has 1 amide bonds. The Kier molecular flexibility index (Phi) is 3.56. The molecule has 0 radical (unpaired) electrons. The van der Waals surface area contributed by atoms with Gasteiger partial charge in [-0.15, -0.1) is 0 Å². The van der Waals surface area contributed by atoms with Crippen LogP contribution in [0.3, 0.4) is 0 Å². The van der Waals surface area contributed by atoms with E-state index in [-0.39, 0.29) is 17.9 Å². The van der Waals surface area contributed by atoms with Gasteiger partial charge in [-0.2, -0.15) is 5.10 Å². The van der Waals surface area contributed by atoms with Crippen molar-refractivity contribution in [1.82, 2.24) is 15.1 Å². The minimum Gasteiger partial charge on any atom is -0.497 e. The minimum atomic E-state index is 0.110. The van der Waals surface area contributed by atoms with E-state index in [0.717, 1.165) is 43.5 Å². The van der Waals surface area contributed by atoms with Gasteiger partial charge >= 0.3 is 0 Å². The molecule has 1 aromatic heterocycles. The molecule has 5 nitrogen and oxygen atoms in total. The van der Waals surface area contributed by atoms with E-state index in [1.54, 1.807) is 7.11 Å². The van der Waals surface area contributed by atoms with Gasteiger partial charge in [-0.1, -0.05) is 0 Å². The fourth-order valence-corrected chi connectivity index (χ4v) is 3.29. The van der Waals surface area contributed by atoms with E-state index in [1.165, 1.54) is 11.3 Å². The first-order chi connectivity index (χ1) is 11.3. The van der Waals surface area contributed by atoms with Crippen LogP contribution in [0, 0.1) is 5.92 Å². The van der Waals surface area contributed by atoms with Crippen LogP contribution < -0.4 is 10.1 Å². The SMILES string of the molecule is COc1ccc(-n2ncc3c2CCCC3NC(=O)C2CC2)cc1. The molecule has 23 heavy (non-hydrogen) atoms. The second kappa shape index (κ2) is 5.72. The van der Waals surface area contributed by atoms with E-state index >= 15 is 0 Å². The summed E-state index contributed by atoms with van der Waals surface area (Å²) in [6.45, 7) is 0. The molecule has 0 aliphatic heterocycles. The highest BCUT2D eigenvalue weighted by atomic mass is 16.5. The van der Waals surface area contributed by atoms with E-state index in [0.29, 0.717) is 0 Å². The summed E-state index contributed by atoms with van der Waals surface area (Å²) in [4.78, 5) is 12.1. The predicted molar refractivity (Wildman–Crippen MR) is 86.7 cm³/mol. The van der Waals surface area contributed by atoms with E-state index < -0.39 is 0 Å². The number of nitrogens with zero attached hydrogens (tertiary/aromatic N) is 2. The van der Waals surface area contributed by atoms with Crippen LogP contribution in [0.5, 0.6) is 5.75 Å². The zero-order valence-electron chi connectivity index (χ0n) is 13.3. The molecule has 1 N–H and O–H groups in total. The maximum Gasteiger partial charge on any atom is 0.223 e. The van der Waals surface area contributed by atoms with E-state index in [4.69, 9.17) is 4.74 Å². The lowest BCUT2D eigenvalue weighted by molar-refractivity contribution is -0.123. The lowest BCUT2D eigenvalue weighted by atomic mass is 9.92. The van der Waals surface area contributed by atoms with Crippen LogP contribution in [0.2, 0.25) is 0 Å². The third-order valence-corrected chi connectivity index (χ3v) is 4.76. The maximum absolute atomic E-state index is 12.1. The molecular weight excluding hydrogens is 290 g/mol. The number of fused-ring (bicyclic) bond motifs is 1. The zero-order valence-corrected chi connectivity index (χ0v) is 13.3. The monoisotopic (exact) mass is 311 g/mol. The van der Waals surface area contributed by atoms with Gasteiger partial charge in [0.05, 0.1) is 25.0 Å². The van der Waals surface area contributed by atoms with Gasteiger partial charge in [0.15, 0.2) is 0 Å². The third kappa shape index (κ3) is 2.71. The fourth-order valence-electron chi connectivity index (χ4n) is 3.29. The average molecular weight is 311 g/mol. The number of benzene rings is 1. The van der Waals surface area contributed by atoms with Crippen molar-refractivity contribution in [2.45, 2.75) is 38.1 Å². The summed E-state index contributed by atoms with van der Waals surface area (Å²) in [5, 5.41) is 7.77. The van der Waals surface area contributed by atoms with Crippen molar-refractivity contribution in [2.75, 3.05) is 7.11 Å². The molecule has 1 unspecified atom stereocenters. The Labute approximate surface area is 135 Å². The molecule has 1 fully saturated rings. The first-order valence-electron chi connectivity index (χ1n) is 8.28. The summed E-state index contributed by atoms with van der Waals surface area (Å²) in [5.74, 6) is 1.29. The van der Waals surface area contributed by atoms with Crippen LogP contribution in [-0.4, -0.2) is 22.8 Å². The van der Waals surface area contributed by atoms with Crippen LogP contribution >= 0.6 is 0 Å². The molecule has 1 heterocycles. The van der Waals surface area contributed by atoms with Crippen molar-refractivity contribution in [3.05, 3.63) is 41.7 Å². The van der Waals surface area contributed by atoms with Crippen LogP contribution in [0.4, 0.5) is 0 Å². The molecule has 0 bridgehead atoms. The number of hydrogen-bond acceptors (Lipinski definition) is 3. The molecule has 1 atom stereocenters. The Morgan fingerprint density at radius 1 is 1.26 bits per heavy atom. The highest BCUT2D eigenvalue weighted by Crippen LogP contribution is 2.34. The van der Waals surface area contributed by atoms with Crippen molar-refractivity contribution in [2.24, 2.45) is 5.92 Å². The summed E-state index contributed by atoms with van der Waals surface area (Å²) in [6, 6.07) is 8.02. The molecule has 1 aromatic carbocycles. The zero-order chi connectivity index (χ0) is 15.8. The van der Waals surface area contributed by atoms with Crippen molar-refractivity contribution < 1.29 is 9.53 Å². The number of carbonyl (C=O) groups is 1. The number of rotatable bonds is 4. The fraction of sp³-hybridized carbons (Fsp3) is 0.444.